The van der Waals surface area contributed by atoms with Crippen LogP contribution in [-0.2, 0) is 9.59 Å². The van der Waals surface area contributed by atoms with Crippen LogP contribution in [0.25, 0.3) is 0 Å². The third-order valence-corrected chi connectivity index (χ3v) is 3.81. The number of hydrogen-bond donors (Lipinski definition) is 2. The van der Waals surface area contributed by atoms with E-state index in [1.807, 2.05) is 13.8 Å². The first-order valence-corrected chi connectivity index (χ1v) is 7.27. The number of hydrogen-bond acceptors (Lipinski definition) is 2. The number of rotatable bonds is 6. The Morgan fingerprint density at radius 2 is 2.05 bits per heavy atom. The van der Waals surface area contributed by atoms with Crippen molar-refractivity contribution in [2.45, 2.75) is 38.6 Å². The average Bonchev–Trinajstić information content (AvgIpc) is 3.20. The van der Waals surface area contributed by atoms with Gasteiger partial charge in [-0.3, -0.25) is 4.79 Å². The topological polar surface area (TPSA) is 66.4 Å². The lowest BCUT2D eigenvalue weighted by Gasteiger charge is -2.16. The number of carbonyl (C=O) groups is 2. The molecular formula is C16H19F2NO3. The van der Waals surface area contributed by atoms with Gasteiger partial charge in [-0.1, -0.05) is 13.8 Å². The first-order chi connectivity index (χ1) is 10.3. The van der Waals surface area contributed by atoms with E-state index in [0.717, 1.165) is 18.2 Å². The number of carbonyl (C=O) groups excluding carboxylic acids is 1. The summed E-state index contributed by atoms with van der Waals surface area (Å²) < 4.78 is 26.8. The minimum Gasteiger partial charge on any atom is -0.480 e. The average molecular weight is 311 g/mol. The SMILES string of the molecule is CC(C)C[C@@H](NC(=O)C1CC1c1cc(F)ccc1F)C(=O)O. The summed E-state index contributed by atoms with van der Waals surface area (Å²) in [6, 6.07) is 2.21. The van der Waals surface area contributed by atoms with Crippen LogP contribution in [0.3, 0.4) is 0 Å². The van der Waals surface area contributed by atoms with E-state index in [0.29, 0.717) is 12.8 Å². The smallest absolute Gasteiger partial charge is 0.326 e. The Balaban J connectivity index is 2.00. The molecule has 2 N–H and O–H groups in total. The lowest BCUT2D eigenvalue weighted by molar-refractivity contribution is -0.142. The highest BCUT2D eigenvalue weighted by Crippen LogP contribution is 2.48. The molecule has 0 heterocycles. The van der Waals surface area contributed by atoms with Crippen LogP contribution in [0.4, 0.5) is 8.78 Å². The molecule has 2 unspecified atom stereocenters. The van der Waals surface area contributed by atoms with Crippen molar-refractivity contribution in [2.24, 2.45) is 11.8 Å². The van der Waals surface area contributed by atoms with Gasteiger partial charge in [0.15, 0.2) is 0 Å². The lowest BCUT2D eigenvalue weighted by atomic mass is 10.0. The van der Waals surface area contributed by atoms with Crippen LogP contribution in [0.5, 0.6) is 0 Å². The summed E-state index contributed by atoms with van der Waals surface area (Å²) in [7, 11) is 0. The third-order valence-electron chi connectivity index (χ3n) is 3.81. The van der Waals surface area contributed by atoms with Gasteiger partial charge in [-0.15, -0.1) is 0 Å². The van der Waals surface area contributed by atoms with E-state index >= 15 is 0 Å². The fraction of sp³-hybridized carbons (Fsp3) is 0.500. The quantitative estimate of drug-likeness (QED) is 0.849. The number of benzene rings is 1. The molecule has 4 nitrogen and oxygen atoms in total. The maximum absolute atomic E-state index is 13.7. The van der Waals surface area contributed by atoms with Crippen molar-refractivity contribution in [1.82, 2.24) is 5.32 Å². The summed E-state index contributed by atoms with van der Waals surface area (Å²) in [6.45, 7) is 3.73. The second-order valence-corrected chi connectivity index (χ2v) is 6.14. The maximum Gasteiger partial charge on any atom is 0.326 e. The van der Waals surface area contributed by atoms with Crippen LogP contribution in [0.2, 0.25) is 0 Å². The van der Waals surface area contributed by atoms with Gasteiger partial charge in [-0.25, -0.2) is 13.6 Å². The molecule has 2 rings (SSSR count). The summed E-state index contributed by atoms with van der Waals surface area (Å²) >= 11 is 0. The Kier molecular flexibility index (Phi) is 4.78. The molecule has 1 aromatic carbocycles. The van der Waals surface area contributed by atoms with E-state index in [1.54, 1.807) is 0 Å². The van der Waals surface area contributed by atoms with Crippen molar-refractivity contribution < 1.29 is 23.5 Å². The number of halogens is 2. The van der Waals surface area contributed by atoms with E-state index in [9.17, 15) is 18.4 Å². The Labute approximate surface area is 127 Å². The lowest BCUT2D eigenvalue weighted by Crippen LogP contribution is -2.42. The molecule has 120 valence electrons. The van der Waals surface area contributed by atoms with Crippen molar-refractivity contribution in [2.75, 3.05) is 0 Å². The van der Waals surface area contributed by atoms with Gasteiger partial charge >= 0.3 is 5.97 Å². The Morgan fingerprint density at radius 1 is 1.36 bits per heavy atom. The van der Waals surface area contributed by atoms with Crippen molar-refractivity contribution >= 4 is 11.9 Å². The zero-order chi connectivity index (χ0) is 16.4. The zero-order valence-corrected chi connectivity index (χ0v) is 12.5. The van der Waals surface area contributed by atoms with Gasteiger partial charge in [0.2, 0.25) is 5.91 Å². The Bertz CT molecular complexity index is 589. The standard InChI is InChI=1S/C16H19F2NO3/c1-8(2)5-14(16(21)22)19-15(20)12-7-10(12)11-6-9(17)3-4-13(11)18/h3-4,6,8,10,12,14H,5,7H2,1-2H3,(H,19,20)(H,21,22)/t10?,12?,14-/m1/s1. The van der Waals surface area contributed by atoms with Crippen LogP contribution < -0.4 is 5.32 Å². The molecule has 0 spiro atoms. The van der Waals surface area contributed by atoms with Crippen molar-refractivity contribution in [3.8, 4) is 0 Å². The van der Waals surface area contributed by atoms with Crippen molar-refractivity contribution in [3.63, 3.8) is 0 Å². The van der Waals surface area contributed by atoms with E-state index in [1.165, 1.54) is 0 Å². The minimum absolute atomic E-state index is 0.122. The van der Waals surface area contributed by atoms with Gasteiger partial charge in [-0.05, 0) is 48.4 Å². The molecular weight excluding hydrogens is 292 g/mol. The third kappa shape index (κ3) is 3.81. The molecule has 1 aliphatic rings. The molecule has 0 bridgehead atoms. The van der Waals surface area contributed by atoms with Crippen LogP contribution in [0.15, 0.2) is 18.2 Å². The zero-order valence-electron chi connectivity index (χ0n) is 12.5. The van der Waals surface area contributed by atoms with Crippen LogP contribution in [-0.4, -0.2) is 23.0 Å². The van der Waals surface area contributed by atoms with Crippen LogP contribution in [0, 0.1) is 23.5 Å². The van der Waals surface area contributed by atoms with Gasteiger partial charge in [0, 0.05) is 5.92 Å². The number of nitrogens with one attached hydrogen (secondary N) is 1. The molecule has 0 radical (unpaired) electrons. The predicted molar refractivity (Wildman–Crippen MR) is 76.2 cm³/mol. The van der Waals surface area contributed by atoms with E-state index in [2.05, 4.69) is 5.32 Å². The molecule has 0 aromatic heterocycles. The summed E-state index contributed by atoms with van der Waals surface area (Å²) in [4.78, 5) is 23.2. The largest absolute Gasteiger partial charge is 0.480 e. The normalized spacial score (nSPS) is 21.5. The summed E-state index contributed by atoms with van der Waals surface area (Å²) in [5, 5.41) is 11.6. The summed E-state index contributed by atoms with van der Waals surface area (Å²) in [5.41, 5.74) is 0.177. The fourth-order valence-electron chi connectivity index (χ4n) is 2.60. The molecule has 6 heteroatoms. The van der Waals surface area contributed by atoms with Gasteiger partial charge in [0.1, 0.15) is 17.7 Å². The molecule has 3 atom stereocenters. The molecule has 0 aliphatic heterocycles. The van der Waals surface area contributed by atoms with Crippen LogP contribution >= 0.6 is 0 Å². The highest BCUT2D eigenvalue weighted by Gasteiger charge is 2.46. The van der Waals surface area contributed by atoms with Gasteiger partial charge in [-0.2, -0.15) is 0 Å². The number of carboxylic acid groups (broad SMARTS) is 1. The second kappa shape index (κ2) is 6.42. The van der Waals surface area contributed by atoms with E-state index < -0.39 is 35.5 Å². The summed E-state index contributed by atoms with van der Waals surface area (Å²) in [6.07, 6.45) is 0.729. The molecule has 1 saturated carbocycles. The highest BCUT2D eigenvalue weighted by molar-refractivity contribution is 5.87. The summed E-state index contributed by atoms with van der Waals surface area (Å²) in [5.74, 6) is -3.35. The molecule has 1 fully saturated rings. The molecule has 22 heavy (non-hydrogen) atoms. The van der Waals surface area contributed by atoms with Crippen molar-refractivity contribution in [3.05, 3.63) is 35.4 Å². The van der Waals surface area contributed by atoms with Gasteiger partial charge in [0.05, 0.1) is 0 Å². The molecule has 1 aliphatic carbocycles. The first-order valence-electron chi connectivity index (χ1n) is 7.27. The first kappa shape index (κ1) is 16.4. The maximum atomic E-state index is 13.7. The predicted octanol–water partition coefficient (Wildman–Crippen LogP) is 2.68. The highest BCUT2D eigenvalue weighted by atomic mass is 19.1. The van der Waals surface area contributed by atoms with Gasteiger partial charge < -0.3 is 10.4 Å². The molecule has 0 saturated heterocycles. The number of amides is 1. The number of carboxylic acids is 1. The molecule has 1 amide bonds. The van der Waals surface area contributed by atoms with Crippen LogP contribution in [0.1, 0.15) is 38.2 Å². The fourth-order valence-corrected chi connectivity index (χ4v) is 2.60. The second-order valence-electron chi connectivity index (χ2n) is 6.14. The van der Waals surface area contributed by atoms with E-state index in [-0.39, 0.29) is 17.4 Å². The van der Waals surface area contributed by atoms with E-state index in [4.69, 9.17) is 5.11 Å². The Hall–Kier alpha value is -1.98. The minimum atomic E-state index is -1.09. The Morgan fingerprint density at radius 3 is 2.64 bits per heavy atom. The monoisotopic (exact) mass is 311 g/mol. The van der Waals surface area contributed by atoms with Gasteiger partial charge in [0.25, 0.3) is 0 Å². The number of aliphatic carboxylic acids is 1. The molecule has 1 aromatic rings. The van der Waals surface area contributed by atoms with Crippen molar-refractivity contribution in [1.29, 1.82) is 0 Å².